The van der Waals surface area contributed by atoms with Crippen LogP contribution in [0.1, 0.15) is 23.2 Å². The molecule has 17 heavy (non-hydrogen) atoms. The van der Waals surface area contributed by atoms with Gasteiger partial charge in [-0.15, -0.1) is 0 Å². The van der Waals surface area contributed by atoms with Crippen LogP contribution in [0.4, 0.5) is 10.8 Å². The summed E-state index contributed by atoms with van der Waals surface area (Å²) >= 11 is 3.23. The molecule has 2 rings (SSSR count). The van der Waals surface area contributed by atoms with Gasteiger partial charge in [0.2, 0.25) is 0 Å². The van der Waals surface area contributed by atoms with E-state index in [0.717, 1.165) is 17.8 Å². The van der Waals surface area contributed by atoms with Gasteiger partial charge in [0, 0.05) is 13.1 Å². The van der Waals surface area contributed by atoms with Crippen LogP contribution in [-0.4, -0.2) is 34.9 Å². The van der Waals surface area contributed by atoms with Crippen molar-refractivity contribution in [3.63, 3.8) is 0 Å². The summed E-state index contributed by atoms with van der Waals surface area (Å²) < 4.78 is 4.04. The maximum atomic E-state index is 11.7. The summed E-state index contributed by atoms with van der Waals surface area (Å²) in [5.41, 5.74) is 6.20. The van der Waals surface area contributed by atoms with Gasteiger partial charge in [-0.05, 0) is 35.9 Å². The third-order valence-electron chi connectivity index (χ3n) is 2.73. The van der Waals surface area contributed by atoms with Crippen molar-refractivity contribution in [2.45, 2.75) is 18.9 Å². The molecule has 2 heterocycles. The number of nitrogens with one attached hydrogen (secondary N) is 2. The summed E-state index contributed by atoms with van der Waals surface area (Å²) in [6.07, 6.45) is 2.24. The average Bonchev–Trinajstić information content (AvgIpc) is 2.71. The highest BCUT2D eigenvalue weighted by Gasteiger charge is 2.21. The fourth-order valence-electron chi connectivity index (χ4n) is 1.77. The number of nitrogens with two attached hydrogens (primary N) is 1. The molecule has 1 aromatic rings. The molecule has 1 saturated heterocycles. The molecule has 7 heteroatoms. The quantitative estimate of drug-likeness (QED) is 0.775. The van der Waals surface area contributed by atoms with Crippen LogP contribution in [0.5, 0.6) is 0 Å². The van der Waals surface area contributed by atoms with Gasteiger partial charge in [0.25, 0.3) is 5.91 Å². The lowest BCUT2D eigenvalue weighted by molar-refractivity contribution is 0.0965. The van der Waals surface area contributed by atoms with Crippen LogP contribution in [0.15, 0.2) is 0 Å². The van der Waals surface area contributed by atoms with E-state index in [1.54, 1.807) is 7.05 Å². The lowest BCUT2D eigenvalue weighted by Gasteiger charge is -2.22. The highest BCUT2D eigenvalue weighted by molar-refractivity contribution is 7.99. The number of nitrogens with zero attached hydrogens (tertiary/aromatic N) is 1. The lowest BCUT2D eigenvalue weighted by atomic mass is 10.1. The monoisotopic (exact) mass is 272 g/mol. The molecule has 0 bridgehead atoms. The standard InChI is InChI=1S/C10H16N4OS2/c1-12-9(15)7-8(11)14-17-10(7)13-6-2-4-16-5-3-6/h6,13H,2-5H2,1H3,(H2,11,14)(H,12,15). The highest BCUT2D eigenvalue weighted by atomic mass is 32.2. The third-order valence-corrected chi connectivity index (χ3v) is 4.57. The first-order valence-corrected chi connectivity index (χ1v) is 7.46. The Kier molecular flexibility index (Phi) is 4.11. The maximum absolute atomic E-state index is 11.7. The Morgan fingerprint density at radius 1 is 1.47 bits per heavy atom. The Bertz CT molecular complexity index is 401. The Labute approximate surface area is 109 Å². The van der Waals surface area contributed by atoms with Crippen molar-refractivity contribution in [1.29, 1.82) is 0 Å². The van der Waals surface area contributed by atoms with Gasteiger partial charge in [0.05, 0.1) is 0 Å². The normalized spacial score (nSPS) is 16.8. The number of anilines is 2. The summed E-state index contributed by atoms with van der Waals surface area (Å²) in [5, 5.41) is 6.77. The first kappa shape index (κ1) is 12.5. The van der Waals surface area contributed by atoms with Crippen molar-refractivity contribution < 1.29 is 4.79 Å². The van der Waals surface area contributed by atoms with E-state index in [1.807, 2.05) is 11.8 Å². The van der Waals surface area contributed by atoms with Gasteiger partial charge in [-0.25, -0.2) is 0 Å². The molecule has 0 atom stereocenters. The van der Waals surface area contributed by atoms with Crippen LogP contribution in [-0.2, 0) is 0 Å². The summed E-state index contributed by atoms with van der Waals surface area (Å²) in [6.45, 7) is 0. The van der Waals surface area contributed by atoms with Crippen LogP contribution in [0.2, 0.25) is 0 Å². The predicted molar refractivity (Wildman–Crippen MR) is 73.9 cm³/mol. The molecule has 0 spiro atoms. The van der Waals surface area contributed by atoms with Gasteiger partial charge >= 0.3 is 0 Å². The molecular formula is C10H16N4OS2. The Morgan fingerprint density at radius 2 is 2.18 bits per heavy atom. The first-order valence-electron chi connectivity index (χ1n) is 5.54. The van der Waals surface area contributed by atoms with E-state index < -0.39 is 0 Å². The number of amides is 1. The van der Waals surface area contributed by atoms with Crippen LogP contribution in [0, 0.1) is 0 Å². The summed E-state index contributed by atoms with van der Waals surface area (Å²) in [5.74, 6) is 2.47. The van der Waals surface area contributed by atoms with Gasteiger partial charge in [-0.2, -0.15) is 16.1 Å². The number of aromatic nitrogens is 1. The Morgan fingerprint density at radius 3 is 2.82 bits per heavy atom. The van der Waals surface area contributed by atoms with Crippen molar-refractivity contribution in [2.75, 3.05) is 29.6 Å². The minimum absolute atomic E-state index is 0.177. The van der Waals surface area contributed by atoms with Gasteiger partial charge < -0.3 is 16.4 Å². The van der Waals surface area contributed by atoms with Crippen molar-refractivity contribution >= 4 is 40.0 Å². The predicted octanol–water partition coefficient (Wildman–Crippen LogP) is 1.39. The number of nitrogen functional groups attached to an aromatic ring is 1. The second-order valence-electron chi connectivity index (χ2n) is 3.88. The molecule has 0 radical (unpaired) electrons. The smallest absolute Gasteiger partial charge is 0.257 e. The summed E-state index contributed by atoms with van der Waals surface area (Å²) in [4.78, 5) is 11.7. The van der Waals surface area contributed by atoms with Gasteiger partial charge in [0.15, 0.2) is 5.82 Å². The molecule has 1 aliphatic heterocycles. The van der Waals surface area contributed by atoms with Crippen LogP contribution < -0.4 is 16.4 Å². The Balaban J connectivity index is 2.12. The van der Waals surface area contributed by atoms with E-state index in [1.165, 1.54) is 23.0 Å². The van der Waals surface area contributed by atoms with Crippen LogP contribution in [0.3, 0.4) is 0 Å². The van der Waals surface area contributed by atoms with E-state index >= 15 is 0 Å². The number of carbonyl (C=O) groups is 1. The molecule has 5 nitrogen and oxygen atoms in total. The summed E-state index contributed by atoms with van der Waals surface area (Å²) in [7, 11) is 1.60. The zero-order valence-electron chi connectivity index (χ0n) is 9.66. The van der Waals surface area contributed by atoms with Crippen LogP contribution in [0.25, 0.3) is 0 Å². The second-order valence-corrected chi connectivity index (χ2v) is 5.88. The minimum Gasteiger partial charge on any atom is -0.382 e. The first-order chi connectivity index (χ1) is 8.22. The van der Waals surface area contributed by atoms with Gasteiger partial charge in [-0.3, -0.25) is 4.79 Å². The maximum Gasteiger partial charge on any atom is 0.257 e. The SMILES string of the molecule is CNC(=O)c1c(N)nsc1NC1CCSCC1. The fourth-order valence-corrected chi connectivity index (χ4v) is 3.67. The zero-order chi connectivity index (χ0) is 12.3. The largest absolute Gasteiger partial charge is 0.382 e. The second kappa shape index (κ2) is 5.59. The number of hydrogen-bond donors (Lipinski definition) is 3. The highest BCUT2D eigenvalue weighted by Crippen LogP contribution is 2.29. The van der Waals surface area contributed by atoms with E-state index in [2.05, 4.69) is 15.0 Å². The number of carbonyl (C=O) groups excluding carboxylic acids is 1. The molecule has 0 aromatic carbocycles. The molecule has 1 aromatic heterocycles. The molecule has 1 fully saturated rings. The van der Waals surface area contributed by atoms with Crippen molar-refractivity contribution in [3.05, 3.63) is 5.56 Å². The molecule has 0 aliphatic carbocycles. The van der Waals surface area contributed by atoms with Crippen molar-refractivity contribution in [1.82, 2.24) is 9.69 Å². The molecule has 1 amide bonds. The molecule has 4 N–H and O–H groups in total. The third kappa shape index (κ3) is 2.84. The van der Waals surface area contributed by atoms with E-state index in [0.29, 0.717) is 17.4 Å². The zero-order valence-corrected chi connectivity index (χ0v) is 11.3. The number of rotatable bonds is 3. The van der Waals surface area contributed by atoms with Gasteiger partial charge in [-0.1, -0.05) is 0 Å². The topological polar surface area (TPSA) is 80.0 Å². The molecule has 94 valence electrons. The van der Waals surface area contributed by atoms with Gasteiger partial charge in [0.1, 0.15) is 10.6 Å². The molecule has 0 saturated carbocycles. The number of thioether (sulfide) groups is 1. The molecule has 0 unspecified atom stereocenters. The summed E-state index contributed by atoms with van der Waals surface area (Å²) in [6, 6.07) is 0.430. The van der Waals surface area contributed by atoms with Crippen molar-refractivity contribution in [3.8, 4) is 0 Å². The van der Waals surface area contributed by atoms with E-state index in [-0.39, 0.29) is 5.91 Å². The van der Waals surface area contributed by atoms with E-state index in [4.69, 9.17) is 5.73 Å². The lowest BCUT2D eigenvalue weighted by Crippen LogP contribution is -2.26. The molecule has 1 aliphatic rings. The average molecular weight is 272 g/mol. The Hall–Kier alpha value is -0.950. The molecular weight excluding hydrogens is 256 g/mol. The van der Waals surface area contributed by atoms with E-state index in [9.17, 15) is 4.79 Å². The van der Waals surface area contributed by atoms with Crippen LogP contribution >= 0.6 is 23.3 Å². The number of hydrogen-bond acceptors (Lipinski definition) is 6. The van der Waals surface area contributed by atoms with Crippen molar-refractivity contribution in [2.24, 2.45) is 0 Å². The fraction of sp³-hybridized carbons (Fsp3) is 0.600. The minimum atomic E-state index is -0.177.